The summed E-state index contributed by atoms with van der Waals surface area (Å²) in [5.41, 5.74) is 0.889. The monoisotopic (exact) mass is 313 g/mol. The summed E-state index contributed by atoms with van der Waals surface area (Å²) < 4.78 is 35.4. The molecular formula is C15H11ClF3NO. The summed E-state index contributed by atoms with van der Waals surface area (Å²) in [6.45, 7) is 1.85. The normalized spacial score (nSPS) is 10.1. The maximum atomic E-state index is 11.8. The van der Waals surface area contributed by atoms with E-state index in [1.165, 1.54) is 18.2 Å². The summed E-state index contributed by atoms with van der Waals surface area (Å²) in [5.74, 6) is 0. The Balaban J connectivity index is 0.000000211. The number of hydrogen-bond donors (Lipinski definition) is 0. The van der Waals surface area contributed by atoms with E-state index >= 15 is 0 Å². The molecule has 0 aromatic heterocycles. The van der Waals surface area contributed by atoms with Gasteiger partial charge in [-0.3, -0.25) is 0 Å². The van der Waals surface area contributed by atoms with Gasteiger partial charge in [0.2, 0.25) is 6.08 Å². The number of isocyanates is 1. The fourth-order valence-corrected chi connectivity index (χ4v) is 1.55. The van der Waals surface area contributed by atoms with Crippen molar-refractivity contribution in [1.82, 2.24) is 0 Å². The second-order valence-corrected chi connectivity index (χ2v) is 4.43. The van der Waals surface area contributed by atoms with E-state index in [0.29, 0.717) is 10.7 Å². The Morgan fingerprint density at radius 3 is 2.19 bits per heavy atom. The van der Waals surface area contributed by atoms with Crippen LogP contribution in [0.4, 0.5) is 18.9 Å². The summed E-state index contributed by atoms with van der Waals surface area (Å²) in [6, 6.07) is 11.5. The van der Waals surface area contributed by atoms with Gasteiger partial charge < -0.3 is 0 Å². The van der Waals surface area contributed by atoms with Crippen LogP contribution in [0.5, 0.6) is 0 Å². The predicted molar refractivity (Wildman–Crippen MR) is 75.4 cm³/mol. The maximum Gasteiger partial charge on any atom is 0.416 e. The number of hydrogen-bond acceptors (Lipinski definition) is 2. The molecule has 0 heterocycles. The van der Waals surface area contributed by atoms with E-state index in [1.807, 2.05) is 6.92 Å². The van der Waals surface area contributed by atoms with E-state index in [9.17, 15) is 18.0 Å². The fourth-order valence-electron chi connectivity index (χ4n) is 1.38. The van der Waals surface area contributed by atoms with E-state index in [-0.39, 0.29) is 0 Å². The molecule has 110 valence electrons. The molecule has 0 saturated carbocycles. The lowest BCUT2D eigenvalue weighted by atomic mass is 10.2. The number of aliphatic imine (C=N–C) groups is 1. The highest BCUT2D eigenvalue weighted by atomic mass is 35.5. The Hall–Kier alpha value is -2.10. The van der Waals surface area contributed by atoms with Crippen LogP contribution >= 0.6 is 11.6 Å². The molecule has 0 amide bonds. The topological polar surface area (TPSA) is 29.4 Å². The van der Waals surface area contributed by atoms with Gasteiger partial charge in [0.1, 0.15) is 0 Å². The highest BCUT2D eigenvalue weighted by Gasteiger charge is 2.29. The lowest BCUT2D eigenvalue weighted by molar-refractivity contribution is -0.137. The molecule has 0 unspecified atom stereocenters. The number of benzene rings is 2. The third-order valence-corrected chi connectivity index (χ3v) is 2.67. The van der Waals surface area contributed by atoms with Crippen LogP contribution in [0.2, 0.25) is 5.02 Å². The van der Waals surface area contributed by atoms with Crippen LogP contribution in [0, 0.1) is 6.92 Å². The van der Waals surface area contributed by atoms with Crippen LogP contribution < -0.4 is 0 Å². The van der Waals surface area contributed by atoms with Crippen molar-refractivity contribution in [3.63, 3.8) is 0 Å². The molecule has 0 aliphatic rings. The molecule has 0 aliphatic carbocycles. The minimum absolute atomic E-state index is 0.574. The first kappa shape index (κ1) is 17.0. The highest BCUT2D eigenvalue weighted by molar-refractivity contribution is 6.30. The molecule has 0 bridgehead atoms. The third kappa shape index (κ3) is 5.81. The van der Waals surface area contributed by atoms with Gasteiger partial charge >= 0.3 is 6.18 Å². The quantitative estimate of drug-likeness (QED) is 0.517. The third-order valence-electron chi connectivity index (χ3n) is 2.44. The average molecular weight is 314 g/mol. The summed E-state index contributed by atoms with van der Waals surface area (Å²) >= 11 is 5.66. The summed E-state index contributed by atoms with van der Waals surface area (Å²) in [7, 11) is 0. The van der Waals surface area contributed by atoms with Crippen LogP contribution in [0.3, 0.4) is 0 Å². The van der Waals surface area contributed by atoms with E-state index in [2.05, 4.69) is 4.99 Å². The van der Waals surface area contributed by atoms with Crippen molar-refractivity contribution in [3.05, 3.63) is 64.7 Å². The number of carbonyl (C=O) groups excluding carboxylic acids is 1. The molecule has 2 rings (SSSR count). The molecule has 0 N–H and O–H groups in total. The minimum atomic E-state index is -4.21. The summed E-state index contributed by atoms with van der Waals surface area (Å²) in [6.07, 6.45) is -2.74. The van der Waals surface area contributed by atoms with Crippen molar-refractivity contribution >= 4 is 23.4 Å². The van der Waals surface area contributed by atoms with Crippen molar-refractivity contribution in [2.45, 2.75) is 13.1 Å². The molecule has 0 atom stereocenters. The van der Waals surface area contributed by atoms with Crippen molar-refractivity contribution < 1.29 is 18.0 Å². The van der Waals surface area contributed by atoms with Crippen LogP contribution in [-0.2, 0) is 11.0 Å². The van der Waals surface area contributed by atoms with E-state index in [1.54, 1.807) is 24.3 Å². The molecule has 0 aliphatic heterocycles. The standard InChI is InChI=1S/C8H6ClNO.C7H5F3/c1-6-2-3-7(9)4-8(6)10-5-11;8-7(9,10)6-4-2-1-3-5-6/h2-4H,1H3;1-5H. The highest BCUT2D eigenvalue weighted by Crippen LogP contribution is 2.28. The molecule has 6 heteroatoms. The molecule has 2 nitrogen and oxygen atoms in total. The molecule has 2 aromatic rings. The van der Waals surface area contributed by atoms with Crippen molar-refractivity contribution in [3.8, 4) is 0 Å². The van der Waals surface area contributed by atoms with Crippen LogP contribution in [0.25, 0.3) is 0 Å². The second-order valence-electron chi connectivity index (χ2n) is 4.00. The van der Waals surface area contributed by atoms with Gasteiger partial charge in [0, 0.05) is 5.02 Å². The van der Waals surface area contributed by atoms with Gasteiger partial charge in [-0.15, -0.1) is 0 Å². The fraction of sp³-hybridized carbons (Fsp3) is 0.133. The molecule has 0 radical (unpaired) electrons. The van der Waals surface area contributed by atoms with Gasteiger partial charge in [0.25, 0.3) is 0 Å². The Bertz CT molecular complexity index is 635. The Morgan fingerprint density at radius 2 is 1.71 bits per heavy atom. The van der Waals surface area contributed by atoms with Crippen LogP contribution in [0.15, 0.2) is 53.5 Å². The lowest BCUT2D eigenvalue weighted by Crippen LogP contribution is -2.03. The van der Waals surface area contributed by atoms with Gasteiger partial charge in [0.05, 0.1) is 11.3 Å². The molecule has 0 fully saturated rings. The number of alkyl halides is 3. The number of aryl methyl sites for hydroxylation is 1. The number of halogens is 4. The minimum Gasteiger partial charge on any atom is -0.211 e. The van der Waals surface area contributed by atoms with E-state index in [4.69, 9.17) is 11.6 Å². The average Bonchev–Trinajstić information content (AvgIpc) is 2.44. The first-order chi connectivity index (χ1) is 9.84. The smallest absolute Gasteiger partial charge is 0.211 e. The SMILES string of the molecule is Cc1ccc(Cl)cc1N=C=O.FC(F)(F)c1ccccc1. The Morgan fingerprint density at radius 1 is 1.10 bits per heavy atom. The number of rotatable bonds is 1. The van der Waals surface area contributed by atoms with Crippen LogP contribution in [0.1, 0.15) is 11.1 Å². The van der Waals surface area contributed by atoms with Gasteiger partial charge in [-0.1, -0.05) is 48.0 Å². The molecular weight excluding hydrogens is 303 g/mol. The Labute approximate surface area is 124 Å². The van der Waals surface area contributed by atoms with E-state index in [0.717, 1.165) is 17.7 Å². The van der Waals surface area contributed by atoms with Crippen molar-refractivity contribution in [1.29, 1.82) is 0 Å². The van der Waals surface area contributed by atoms with Crippen LogP contribution in [-0.4, -0.2) is 6.08 Å². The first-order valence-corrected chi connectivity index (χ1v) is 6.18. The molecule has 21 heavy (non-hydrogen) atoms. The van der Waals surface area contributed by atoms with Gasteiger partial charge in [-0.05, 0) is 24.6 Å². The zero-order chi connectivity index (χ0) is 15.9. The van der Waals surface area contributed by atoms with Crippen molar-refractivity contribution in [2.24, 2.45) is 4.99 Å². The van der Waals surface area contributed by atoms with Gasteiger partial charge in [-0.25, -0.2) is 4.79 Å². The van der Waals surface area contributed by atoms with Gasteiger partial charge in [0.15, 0.2) is 0 Å². The molecule has 2 aromatic carbocycles. The second kappa shape index (κ2) is 7.62. The summed E-state index contributed by atoms with van der Waals surface area (Å²) in [4.78, 5) is 13.4. The number of nitrogens with zero attached hydrogens (tertiary/aromatic N) is 1. The zero-order valence-electron chi connectivity index (χ0n) is 11.0. The summed E-state index contributed by atoms with van der Waals surface area (Å²) in [5, 5.41) is 0.574. The van der Waals surface area contributed by atoms with E-state index < -0.39 is 11.7 Å². The zero-order valence-corrected chi connectivity index (χ0v) is 11.7. The molecule has 0 saturated heterocycles. The van der Waals surface area contributed by atoms with Gasteiger partial charge in [-0.2, -0.15) is 18.2 Å². The largest absolute Gasteiger partial charge is 0.416 e. The first-order valence-electron chi connectivity index (χ1n) is 5.81. The molecule has 0 spiro atoms. The lowest BCUT2D eigenvalue weighted by Gasteiger charge is -2.03. The maximum absolute atomic E-state index is 11.8. The van der Waals surface area contributed by atoms with Crippen molar-refractivity contribution in [2.75, 3.05) is 0 Å². The Kier molecular flexibility index (Phi) is 6.15. The predicted octanol–water partition coefficient (Wildman–Crippen LogP) is 5.32.